The van der Waals surface area contributed by atoms with Gasteiger partial charge >= 0.3 is 5.97 Å². The van der Waals surface area contributed by atoms with E-state index >= 15 is 0 Å². The molecule has 0 fully saturated rings. The van der Waals surface area contributed by atoms with Crippen molar-refractivity contribution in [1.82, 2.24) is 0 Å². The second-order valence-corrected chi connectivity index (χ2v) is 3.10. The normalized spacial score (nSPS) is 10.1. The van der Waals surface area contributed by atoms with Crippen LogP contribution >= 0.6 is 0 Å². The molecular weight excluding hydrogens is 224 g/mol. The lowest BCUT2D eigenvalue weighted by Crippen LogP contribution is -2.01. The molecule has 0 atom stereocenters. The first-order valence-electron chi connectivity index (χ1n) is 4.61. The monoisotopic (exact) mass is 232 g/mol. The zero-order valence-electron chi connectivity index (χ0n) is 8.66. The molecule has 1 aromatic rings. The molecule has 0 amide bonds. The number of aromatic carboxylic acids is 1. The summed E-state index contributed by atoms with van der Waals surface area (Å²) in [6.45, 7) is 0. The van der Waals surface area contributed by atoms with E-state index in [2.05, 4.69) is 0 Å². The van der Waals surface area contributed by atoms with E-state index in [1.54, 1.807) is 0 Å². The minimum absolute atomic E-state index is 0.149. The summed E-state index contributed by atoms with van der Waals surface area (Å²) in [7, 11) is 0. The summed E-state index contributed by atoms with van der Waals surface area (Å²) in [4.78, 5) is 20.7. The van der Waals surface area contributed by atoms with Crippen molar-refractivity contribution in [2.75, 3.05) is 0 Å². The molecule has 0 aliphatic heterocycles. The highest BCUT2D eigenvalue weighted by Gasteiger charge is 2.14. The Hall–Kier alpha value is -2.68. The Morgan fingerprint density at radius 3 is 2.82 bits per heavy atom. The Kier molecular flexibility index (Phi) is 3.95. The van der Waals surface area contributed by atoms with Crippen LogP contribution in [0.1, 0.15) is 22.3 Å². The van der Waals surface area contributed by atoms with Crippen molar-refractivity contribution >= 4 is 17.7 Å². The van der Waals surface area contributed by atoms with E-state index < -0.39 is 10.9 Å². The molecule has 1 N–H and O–H groups in total. The third-order valence-corrected chi connectivity index (χ3v) is 1.98. The Bertz CT molecular complexity index is 529. The highest BCUT2D eigenvalue weighted by atomic mass is 16.6. The van der Waals surface area contributed by atoms with Gasteiger partial charge < -0.3 is 5.11 Å². The van der Waals surface area contributed by atoms with E-state index in [0.717, 1.165) is 6.07 Å². The summed E-state index contributed by atoms with van der Waals surface area (Å²) < 4.78 is 0. The topological polar surface area (TPSA) is 104 Å². The van der Waals surface area contributed by atoms with Crippen LogP contribution in [0.4, 0.5) is 5.69 Å². The Morgan fingerprint density at radius 2 is 2.29 bits per heavy atom. The number of hydrogen-bond donors (Lipinski definition) is 1. The molecule has 0 bridgehead atoms. The first-order valence-corrected chi connectivity index (χ1v) is 4.61. The maximum atomic E-state index is 10.9. The number of carboxylic acids is 1. The second-order valence-electron chi connectivity index (χ2n) is 3.10. The van der Waals surface area contributed by atoms with Crippen LogP contribution in [-0.2, 0) is 0 Å². The molecule has 6 heteroatoms. The van der Waals surface area contributed by atoms with Gasteiger partial charge in [-0.05, 0) is 11.6 Å². The van der Waals surface area contributed by atoms with Crippen molar-refractivity contribution in [2.45, 2.75) is 6.42 Å². The van der Waals surface area contributed by atoms with Crippen molar-refractivity contribution in [3.63, 3.8) is 0 Å². The van der Waals surface area contributed by atoms with Crippen LogP contribution < -0.4 is 0 Å². The smallest absolute Gasteiger partial charge is 0.336 e. The van der Waals surface area contributed by atoms with Gasteiger partial charge in [-0.15, -0.1) is 0 Å². The van der Waals surface area contributed by atoms with Crippen molar-refractivity contribution in [3.8, 4) is 6.07 Å². The summed E-state index contributed by atoms with van der Waals surface area (Å²) >= 11 is 0. The van der Waals surface area contributed by atoms with Crippen molar-refractivity contribution in [3.05, 3.63) is 45.5 Å². The number of carbonyl (C=O) groups is 1. The van der Waals surface area contributed by atoms with E-state index in [-0.39, 0.29) is 17.7 Å². The standard InChI is InChI=1S/C11H8N2O4/c12-6-2-1-3-8-4-5-9(13(16)17)7-10(8)11(14)15/h1,3-5,7H,2H2,(H,14,15). The molecular formula is C11H8N2O4. The van der Waals surface area contributed by atoms with Crippen LogP contribution in [0, 0.1) is 21.4 Å². The predicted octanol–water partition coefficient (Wildman–Crippen LogP) is 2.22. The Labute approximate surface area is 96.6 Å². The number of rotatable bonds is 4. The van der Waals surface area contributed by atoms with Crippen LogP contribution in [0.5, 0.6) is 0 Å². The van der Waals surface area contributed by atoms with Crippen LogP contribution in [0.3, 0.4) is 0 Å². The molecule has 0 saturated heterocycles. The van der Waals surface area contributed by atoms with E-state index in [0.29, 0.717) is 5.56 Å². The average molecular weight is 232 g/mol. The van der Waals surface area contributed by atoms with Gasteiger partial charge in [0.15, 0.2) is 0 Å². The van der Waals surface area contributed by atoms with Crippen molar-refractivity contribution in [2.24, 2.45) is 0 Å². The fourth-order valence-corrected chi connectivity index (χ4v) is 1.23. The molecule has 0 aliphatic carbocycles. The number of hydrogen-bond acceptors (Lipinski definition) is 4. The lowest BCUT2D eigenvalue weighted by atomic mass is 10.1. The molecule has 0 unspecified atom stereocenters. The molecule has 1 aromatic carbocycles. The summed E-state index contributed by atoms with van der Waals surface area (Å²) in [5.74, 6) is -1.25. The maximum Gasteiger partial charge on any atom is 0.336 e. The number of benzene rings is 1. The predicted molar refractivity (Wildman–Crippen MR) is 59.3 cm³/mol. The van der Waals surface area contributed by atoms with E-state index in [1.165, 1.54) is 24.3 Å². The highest BCUT2D eigenvalue weighted by Crippen LogP contribution is 2.19. The zero-order valence-corrected chi connectivity index (χ0v) is 8.66. The number of non-ortho nitro benzene ring substituents is 1. The molecule has 0 aliphatic rings. The van der Waals surface area contributed by atoms with Gasteiger partial charge in [-0.1, -0.05) is 12.2 Å². The van der Waals surface area contributed by atoms with Crippen LogP contribution in [0.15, 0.2) is 24.3 Å². The van der Waals surface area contributed by atoms with Gasteiger partial charge in [-0.25, -0.2) is 4.79 Å². The van der Waals surface area contributed by atoms with Gasteiger partial charge in [0.1, 0.15) is 0 Å². The van der Waals surface area contributed by atoms with Crippen LogP contribution in [-0.4, -0.2) is 16.0 Å². The molecule has 86 valence electrons. The summed E-state index contributed by atoms with van der Waals surface area (Å²) in [6.07, 6.45) is 3.10. The molecule has 0 heterocycles. The average Bonchev–Trinajstić information content (AvgIpc) is 2.29. The van der Waals surface area contributed by atoms with E-state index in [9.17, 15) is 14.9 Å². The molecule has 0 spiro atoms. The molecule has 0 aromatic heterocycles. The quantitative estimate of drug-likeness (QED) is 0.633. The van der Waals surface area contributed by atoms with Crippen LogP contribution in [0.25, 0.3) is 6.08 Å². The minimum Gasteiger partial charge on any atom is -0.478 e. The zero-order chi connectivity index (χ0) is 12.8. The minimum atomic E-state index is -1.25. The lowest BCUT2D eigenvalue weighted by molar-refractivity contribution is -0.384. The van der Waals surface area contributed by atoms with Gasteiger partial charge in [0.05, 0.1) is 23.0 Å². The SMILES string of the molecule is N#CCC=Cc1ccc([N+](=O)[O-])cc1C(=O)O. The number of carboxylic acid groups (broad SMARTS) is 1. The Balaban J connectivity index is 3.18. The van der Waals surface area contributed by atoms with Crippen molar-refractivity contribution < 1.29 is 14.8 Å². The van der Waals surface area contributed by atoms with Gasteiger partial charge in [0.25, 0.3) is 5.69 Å². The van der Waals surface area contributed by atoms with Gasteiger partial charge in [-0.2, -0.15) is 5.26 Å². The summed E-state index contributed by atoms with van der Waals surface area (Å²) in [6, 6.07) is 5.43. The van der Waals surface area contributed by atoms with Crippen LogP contribution in [0.2, 0.25) is 0 Å². The lowest BCUT2D eigenvalue weighted by Gasteiger charge is -2.00. The largest absolute Gasteiger partial charge is 0.478 e. The third kappa shape index (κ3) is 3.14. The number of nitro groups is 1. The molecule has 6 nitrogen and oxygen atoms in total. The Morgan fingerprint density at radius 1 is 1.59 bits per heavy atom. The first kappa shape index (κ1) is 12.4. The summed E-state index contributed by atoms with van der Waals surface area (Å²) in [5, 5.41) is 27.7. The number of nitrogens with zero attached hydrogens (tertiary/aromatic N) is 2. The number of allylic oxidation sites excluding steroid dienone is 1. The fourth-order valence-electron chi connectivity index (χ4n) is 1.23. The van der Waals surface area contributed by atoms with Crippen molar-refractivity contribution in [1.29, 1.82) is 5.26 Å². The second kappa shape index (κ2) is 5.42. The van der Waals surface area contributed by atoms with E-state index in [4.69, 9.17) is 10.4 Å². The molecule has 0 saturated carbocycles. The van der Waals surface area contributed by atoms with Gasteiger partial charge in [-0.3, -0.25) is 10.1 Å². The number of nitriles is 1. The van der Waals surface area contributed by atoms with Gasteiger partial charge in [0.2, 0.25) is 0 Å². The molecule has 0 radical (unpaired) electrons. The molecule has 17 heavy (non-hydrogen) atoms. The first-order chi connectivity index (χ1) is 8.06. The number of nitro benzene ring substituents is 1. The third-order valence-electron chi connectivity index (χ3n) is 1.98. The highest BCUT2D eigenvalue weighted by molar-refractivity contribution is 5.93. The van der Waals surface area contributed by atoms with Gasteiger partial charge in [0, 0.05) is 12.1 Å². The van der Waals surface area contributed by atoms with E-state index in [1.807, 2.05) is 6.07 Å². The summed E-state index contributed by atoms with van der Waals surface area (Å²) in [5.41, 5.74) is -0.105. The fraction of sp³-hybridized carbons (Fsp3) is 0.0909. The maximum absolute atomic E-state index is 10.9. The molecule has 1 rings (SSSR count).